The normalized spacial score (nSPS) is 12.8. The molecule has 2 aromatic carbocycles. The summed E-state index contributed by atoms with van der Waals surface area (Å²) in [7, 11) is -3.80. The molecule has 29 heavy (non-hydrogen) atoms. The Balaban J connectivity index is 2.14. The largest absolute Gasteiger partial charge is 0.347 e. The lowest BCUT2D eigenvalue weighted by Crippen LogP contribution is -2.19. The number of hydrogen-bond donors (Lipinski definition) is 1. The second kappa shape index (κ2) is 8.02. The number of para-hydroxylation sites is 1. The Bertz CT molecular complexity index is 1220. The molecule has 6 heteroatoms. The van der Waals surface area contributed by atoms with Crippen LogP contribution in [0.3, 0.4) is 0 Å². The van der Waals surface area contributed by atoms with Gasteiger partial charge in [-0.25, -0.2) is 13.6 Å². The summed E-state index contributed by atoms with van der Waals surface area (Å²) >= 11 is 0. The van der Waals surface area contributed by atoms with Crippen molar-refractivity contribution in [1.29, 1.82) is 5.26 Å². The third-order valence-corrected chi connectivity index (χ3v) is 6.90. The molecule has 0 aliphatic carbocycles. The first-order valence-electron chi connectivity index (χ1n) is 9.76. The lowest BCUT2D eigenvalue weighted by Gasteiger charge is -2.24. The van der Waals surface area contributed by atoms with Gasteiger partial charge in [-0.15, -0.1) is 0 Å². The van der Waals surface area contributed by atoms with E-state index in [0.29, 0.717) is 18.5 Å². The van der Waals surface area contributed by atoms with Crippen molar-refractivity contribution in [3.63, 3.8) is 0 Å². The number of fused-ring (bicyclic) bond motifs is 1. The van der Waals surface area contributed by atoms with Crippen molar-refractivity contribution < 1.29 is 8.42 Å². The van der Waals surface area contributed by atoms with Crippen LogP contribution in [0, 0.1) is 32.1 Å². The van der Waals surface area contributed by atoms with Gasteiger partial charge in [-0.05, 0) is 61.1 Å². The summed E-state index contributed by atoms with van der Waals surface area (Å²) in [6.45, 7) is 8.49. The van der Waals surface area contributed by atoms with E-state index in [0.717, 1.165) is 39.6 Å². The van der Waals surface area contributed by atoms with Crippen molar-refractivity contribution in [2.75, 3.05) is 0 Å². The zero-order valence-corrected chi connectivity index (χ0v) is 18.2. The molecule has 0 fully saturated rings. The lowest BCUT2D eigenvalue weighted by atomic mass is 9.87. The minimum absolute atomic E-state index is 0.127. The summed E-state index contributed by atoms with van der Waals surface area (Å²) in [4.78, 5) is 0.235. The number of nitriles is 1. The summed E-state index contributed by atoms with van der Waals surface area (Å²) in [5.74, 6) is 0.127. The van der Waals surface area contributed by atoms with Crippen LogP contribution in [0.4, 0.5) is 0 Å². The van der Waals surface area contributed by atoms with Crippen LogP contribution in [0.1, 0.15) is 47.1 Å². The molecule has 152 valence electrons. The molecular formula is C23H27N3O2S. The molecule has 3 rings (SSSR count). The zero-order chi connectivity index (χ0) is 21.3. The number of hydrogen-bond acceptors (Lipinski definition) is 3. The van der Waals surface area contributed by atoms with E-state index in [1.54, 1.807) is 6.92 Å². The number of benzene rings is 2. The average Bonchev–Trinajstić information content (AvgIpc) is 2.97. The highest BCUT2D eigenvalue weighted by Gasteiger charge is 2.24. The molecule has 5 nitrogen and oxygen atoms in total. The van der Waals surface area contributed by atoms with Crippen LogP contribution in [-0.2, 0) is 23.0 Å². The molecule has 0 aliphatic rings. The maximum absolute atomic E-state index is 12.2. The molecule has 0 radical (unpaired) electrons. The molecule has 1 atom stereocenters. The topological polar surface area (TPSA) is 88.9 Å². The summed E-state index contributed by atoms with van der Waals surface area (Å²) in [6.07, 6.45) is 3.27. The quantitative estimate of drug-likeness (QED) is 0.651. The first-order chi connectivity index (χ1) is 13.7. The van der Waals surface area contributed by atoms with E-state index >= 15 is 0 Å². The SMILES string of the molecule is CC[C@H](Cn1cc(CC#N)c2ccccc21)c1c(C)cc(C)c(S(N)(=O)=O)c1C. The van der Waals surface area contributed by atoms with Crippen LogP contribution >= 0.6 is 0 Å². The number of sulfonamides is 1. The van der Waals surface area contributed by atoms with Gasteiger partial charge in [0.05, 0.1) is 17.4 Å². The maximum Gasteiger partial charge on any atom is 0.238 e. The van der Waals surface area contributed by atoms with E-state index < -0.39 is 10.0 Å². The first-order valence-corrected chi connectivity index (χ1v) is 11.3. The van der Waals surface area contributed by atoms with Crippen molar-refractivity contribution in [2.45, 2.75) is 57.9 Å². The second-order valence-corrected chi connectivity index (χ2v) is 9.19. The Hall–Kier alpha value is -2.62. The number of aryl methyl sites for hydroxylation is 2. The molecule has 0 unspecified atom stereocenters. The van der Waals surface area contributed by atoms with E-state index in [2.05, 4.69) is 29.8 Å². The van der Waals surface area contributed by atoms with Crippen molar-refractivity contribution in [3.05, 3.63) is 64.3 Å². The molecule has 0 aliphatic heterocycles. The Labute approximate surface area is 172 Å². The van der Waals surface area contributed by atoms with Gasteiger partial charge >= 0.3 is 0 Å². The number of rotatable bonds is 6. The molecule has 2 N–H and O–H groups in total. The van der Waals surface area contributed by atoms with E-state index in [1.165, 1.54) is 0 Å². The zero-order valence-electron chi connectivity index (χ0n) is 17.4. The van der Waals surface area contributed by atoms with E-state index in [-0.39, 0.29) is 10.8 Å². The summed E-state index contributed by atoms with van der Waals surface area (Å²) < 4.78 is 26.6. The fourth-order valence-electron chi connectivity index (χ4n) is 4.61. The predicted molar refractivity (Wildman–Crippen MR) is 116 cm³/mol. The minimum atomic E-state index is -3.80. The van der Waals surface area contributed by atoms with Crippen LogP contribution in [0.5, 0.6) is 0 Å². The monoisotopic (exact) mass is 409 g/mol. The molecule has 0 saturated carbocycles. The molecule has 0 amide bonds. The Morgan fingerprint density at radius 3 is 2.48 bits per heavy atom. The Morgan fingerprint density at radius 1 is 1.17 bits per heavy atom. The molecule has 3 aromatic rings. The van der Waals surface area contributed by atoms with Gasteiger partial charge in [0.15, 0.2) is 0 Å². The van der Waals surface area contributed by atoms with Gasteiger partial charge < -0.3 is 4.57 Å². The van der Waals surface area contributed by atoms with Gasteiger partial charge in [0.25, 0.3) is 0 Å². The number of primary sulfonamides is 1. The third-order valence-electron chi connectivity index (χ3n) is 5.70. The van der Waals surface area contributed by atoms with Crippen LogP contribution in [0.15, 0.2) is 41.4 Å². The molecule has 0 spiro atoms. The van der Waals surface area contributed by atoms with Crippen LogP contribution < -0.4 is 5.14 Å². The van der Waals surface area contributed by atoms with Crippen molar-refractivity contribution in [1.82, 2.24) is 4.57 Å². The molecule has 0 bridgehead atoms. The van der Waals surface area contributed by atoms with Crippen molar-refractivity contribution >= 4 is 20.9 Å². The van der Waals surface area contributed by atoms with Gasteiger partial charge in [-0.2, -0.15) is 5.26 Å². The van der Waals surface area contributed by atoms with Crippen molar-refractivity contribution in [3.8, 4) is 6.07 Å². The third kappa shape index (κ3) is 3.93. The summed E-state index contributed by atoms with van der Waals surface area (Å²) in [5, 5.41) is 15.8. The molecule has 0 saturated heterocycles. The molecule has 1 heterocycles. The highest BCUT2D eigenvalue weighted by atomic mass is 32.2. The standard InChI is InChI=1S/C23H27N3O2S/c1-5-18(22-15(2)12-16(3)23(17(22)4)29(25,27)28)13-26-14-19(10-11-24)20-8-6-7-9-21(20)26/h6-9,12,14,18H,5,10,13H2,1-4H3,(H2,25,27,28)/t18-/m1/s1. The number of aromatic nitrogens is 1. The van der Waals surface area contributed by atoms with E-state index in [4.69, 9.17) is 5.14 Å². The second-order valence-electron chi connectivity index (χ2n) is 7.69. The smallest absolute Gasteiger partial charge is 0.238 e. The van der Waals surface area contributed by atoms with E-state index in [1.807, 2.05) is 38.1 Å². The van der Waals surface area contributed by atoms with Gasteiger partial charge in [0.2, 0.25) is 10.0 Å². The van der Waals surface area contributed by atoms with Crippen LogP contribution in [-0.4, -0.2) is 13.0 Å². The Morgan fingerprint density at radius 2 is 1.86 bits per heavy atom. The first kappa shape index (κ1) is 21.1. The number of nitrogens with zero attached hydrogens (tertiary/aromatic N) is 2. The molecular weight excluding hydrogens is 382 g/mol. The van der Waals surface area contributed by atoms with Crippen molar-refractivity contribution in [2.24, 2.45) is 5.14 Å². The summed E-state index contributed by atoms with van der Waals surface area (Å²) in [6, 6.07) is 12.2. The van der Waals surface area contributed by atoms with Gasteiger partial charge in [-0.1, -0.05) is 31.2 Å². The minimum Gasteiger partial charge on any atom is -0.347 e. The number of nitrogens with two attached hydrogens (primary N) is 1. The van der Waals surface area contributed by atoms with E-state index in [9.17, 15) is 13.7 Å². The average molecular weight is 410 g/mol. The molecule has 1 aromatic heterocycles. The predicted octanol–water partition coefficient (Wildman–Crippen LogP) is 4.47. The van der Waals surface area contributed by atoms with Gasteiger partial charge in [0, 0.05) is 29.6 Å². The highest BCUT2D eigenvalue weighted by molar-refractivity contribution is 7.89. The maximum atomic E-state index is 12.2. The summed E-state index contributed by atoms with van der Waals surface area (Å²) in [5.41, 5.74) is 5.65. The van der Waals surface area contributed by atoms with Gasteiger partial charge in [0.1, 0.15) is 0 Å². The van der Waals surface area contributed by atoms with Crippen LogP contribution in [0.25, 0.3) is 10.9 Å². The van der Waals surface area contributed by atoms with Gasteiger partial charge in [-0.3, -0.25) is 0 Å². The lowest BCUT2D eigenvalue weighted by molar-refractivity contribution is 0.549. The fourth-order valence-corrected chi connectivity index (χ4v) is 5.65. The fraction of sp³-hybridized carbons (Fsp3) is 0.348. The highest BCUT2D eigenvalue weighted by Crippen LogP contribution is 2.34. The Kier molecular flexibility index (Phi) is 5.83. The van der Waals surface area contributed by atoms with Crippen LogP contribution in [0.2, 0.25) is 0 Å².